The lowest BCUT2D eigenvalue weighted by Crippen LogP contribution is -2.23. The number of hydrogen-bond acceptors (Lipinski definition) is 2. The van der Waals surface area contributed by atoms with Gasteiger partial charge in [-0.1, -0.05) is 27.4 Å². The van der Waals surface area contributed by atoms with Crippen molar-refractivity contribution in [3.63, 3.8) is 0 Å². The molecule has 1 heterocycles. The molecular weight excluding hydrogens is 220 g/mol. The Hall–Kier alpha value is -1.57. The van der Waals surface area contributed by atoms with Crippen molar-refractivity contribution >= 4 is 17.2 Å². The predicted octanol–water partition coefficient (Wildman–Crippen LogP) is 4.31. The Kier molecular flexibility index (Phi) is 3.05. The Morgan fingerprint density at radius 3 is 2.56 bits per heavy atom. The number of nitrogens with zero attached hydrogens (tertiary/aromatic N) is 1. The first-order valence-electron chi connectivity index (χ1n) is 6.52. The van der Waals surface area contributed by atoms with E-state index < -0.39 is 0 Å². The van der Waals surface area contributed by atoms with Gasteiger partial charge in [-0.25, -0.2) is 4.99 Å². The molecule has 0 aromatic heterocycles. The second-order valence-corrected chi connectivity index (χ2v) is 5.72. The van der Waals surface area contributed by atoms with Gasteiger partial charge in [-0.15, -0.1) is 0 Å². The van der Waals surface area contributed by atoms with Crippen LogP contribution in [-0.2, 0) is 5.41 Å². The van der Waals surface area contributed by atoms with E-state index in [2.05, 4.69) is 56.7 Å². The van der Waals surface area contributed by atoms with Crippen LogP contribution in [0.4, 0.5) is 5.69 Å². The minimum Gasteiger partial charge on any atom is -0.344 e. The van der Waals surface area contributed by atoms with Gasteiger partial charge in [0.25, 0.3) is 0 Å². The molecule has 0 saturated carbocycles. The van der Waals surface area contributed by atoms with Gasteiger partial charge in [-0.3, -0.25) is 0 Å². The highest BCUT2D eigenvalue weighted by molar-refractivity contribution is 5.96. The third-order valence-electron chi connectivity index (χ3n) is 3.90. The van der Waals surface area contributed by atoms with Gasteiger partial charge in [-0.2, -0.15) is 0 Å². The van der Waals surface area contributed by atoms with E-state index in [-0.39, 0.29) is 5.41 Å². The summed E-state index contributed by atoms with van der Waals surface area (Å²) >= 11 is 0. The fourth-order valence-electron chi connectivity index (χ4n) is 2.44. The monoisotopic (exact) mass is 242 g/mol. The molecule has 0 fully saturated rings. The van der Waals surface area contributed by atoms with Gasteiger partial charge in [0.15, 0.2) is 0 Å². The average molecular weight is 242 g/mol. The predicted molar refractivity (Wildman–Crippen MR) is 79.4 cm³/mol. The molecule has 1 aromatic rings. The van der Waals surface area contributed by atoms with Crippen LogP contribution in [0.1, 0.15) is 50.8 Å². The number of benzene rings is 1. The minimum absolute atomic E-state index is 0.190. The molecule has 1 aliphatic rings. The molecule has 2 rings (SSSR count). The molecule has 0 atom stereocenters. The number of nitrogens with one attached hydrogen (secondary N) is 1. The molecule has 1 N–H and O–H groups in total. The van der Waals surface area contributed by atoms with E-state index >= 15 is 0 Å². The van der Waals surface area contributed by atoms with Crippen molar-refractivity contribution in [1.82, 2.24) is 5.32 Å². The summed E-state index contributed by atoms with van der Waals surface area (Å²) in [6.45, 7) is 15.0. The van der Waals surface area contributed by atoms with Crippen LogP contribution in [0.3, 0.4) is 0 Å². The van der Waals surface area contributed by atoms with Crippen LogP contribution in [0.5, 0.6) is 0 Å². The summed E-state index contributed by atoms with van der Waals surface area (Å²) in [6.07, 6.45) is 1.12. The molecule has 2 heteroatoms. The average Bonchev–Trinajstić information content (AvgIpc) is 2.27. The third kappa shape index (κ3) is 2.07. The topological polar surface area (TPSA) is 24.4 Å². The van der Waals surface area contributed by atoms with Crippen molar-refractivity contribution in [3.8, 4) is 0 Å². The Balaban J connectivity index is 2.63. The maximum atomic E-state index is 4.55. The van der Waals surface area contributed by atoms with E-state index in [1.165, 1.54) is 11.1 Å². The lowest BCUT2D eigenvalue weighted by atomic mass is 9.78. The maximum Gasteiger partial charge on any atom is 0.103 e. The Labute approximate surface area is 110 Å². The fraction of sp³-hybridized carbons (Fsp3) is 0.438. The van der Waals surface area contributed by atoms with E-state index in [0.717, 1.165) is 29.2 Å². The van der Waals surface area contributed by atoms with Crippen LogP contribution in [-0.4, -0.2) is 5.84 Å². The molecule has 0 aliphatic carbocycles. The summed E-state index contributed by atoms with van der Waals surface area (Å²) in [5.74, 6) is 0.911. The summed E-state index contributed by atoms with van der Waals surface area (Å²) in [5.41, 5.74) is 6.00. The zero-order chi connectivity index (χ0) is 13.5. The Morgan fingerprint density at radius 1 is 1.28 bits per heavy atom. The molecule has 96 valence electrons. The largest absolute Gasteiger partial charge is 0.344 e. The highest BCUT2D eigenvalue weighted by atomic mass is 15.0. The maximum absolute atomic E-state index is 4.55. The number of hydrogen-bond donors (Lipinski definition) is 1. The minimum atomic E-state index is 0.190. The van der Waals surface area contributed by atoms with Crippen molar-refractivity contribution < 1.29 is 0 Å². The zero-order valence-electron chi connectivity index (χ0n) is 12.0. The highest BCUT2D eigenvalue weighted by Gasteiger charge is 2.23. The van der Waals surface area contributed by atoms with Crippen LogP contribution >= 0.6 is 0 Å². The third-order valence-corrected chi connectivity index (χ3v) is 3.90. The summed E-state index contributed by atoms with van der Waals surface area (Å²) in [4.78, 5) is 4.55. The highest BCUT2D eigenvalue weighted by Crippen LogP contribution is 2.37. The van der Waals surface area contributed by atoms with Crippen LogP contribution in [0, 0.1) is 6.92 Å². The van der Waals surface area contributed by atoms with Crippen LogP contribution in [0.15, 0.2) is 23.7 Å². The zero-order valence-corrected chi connectivity index (χ0v) is 12.0. The molecule has 0 saturated heterocycles. The molecule has 0 radical (unpaired) electrons. The summed E-state index contributed by atoms with van der Waals surface area (Å²) < 4.78 is 0. The normalized spacial score (nSPS) is 14.9. The standard InChI is InChI=1S/C16H22N2/c1-7-16(5,6)14-9-13-11(3)17-12(4)18-15(13)8-10(14)2/h8-9H,3,7H2,1-2,4-6H3,(H,17,18). The van der Waals surface area contributed by atoms with Crippen molar-refractivity contribution in [1.29, 1.82) is 0 Å². The fourth-order valence-corrected chi connectivity index (χ4v) is 2.44. The van der Waals surface area contributed by atoms with E-state index in [1.54, 1.807) is 0 Å². The van der Waals surface area contributed by atoms with Crippen LogP contribution in [0.2, 0.25) is 0 Å². The Morgan fingerprint density at radius 2 is 1.94 bits per heavy atom. The van der Waals surface area contributed by atoms with Crippen LogP contribution in [0.25, 0.3) is 5.70 Å². The van der Waals surface area contributed by atoms with Gasteiger partial charge < -0.3 is 5.32 Å². The van der Waals surface area contributed by atoms with Gasteiger partial charge in [0.1, 0.15) is 5.84 Å². The Bertz CT molecular complexity index is 536. The second kappa shape index (κ2) is 4.27. The lowest BCUT2D eigenvalue weighted by Gasteiger charge is -2.28. The summed E-state index contributed by atoms with van der Waals surface area (Å²) in [7, 11) is 0. The smallest absolute Gasteiger partial charge is 0.103 e. The van der Waals surface area contributed by atoms with Gasteiger partial charge >= 0.3 is 0 Å². The van der Waals surface area contributed by atoms with Crippen LogP contribution < -0.4 is 5.32 Å². The molecule has 1 aromatic carbocycles. The van der Waals surface area contributed by atoms with Crippen molar-refractivity contribution in [3.05, 3.63) is 35.4 Å². The summed E-state index contributed by atoms with van der Waals surface area (Å²) in [6, 6.07) is 4.43. The summed E-state index contributed by atoms with van der Waals surface area (Å²) in [5, 5.41) is 3.21. The molecule has 0 spiro atoms. The number of aryl methyl sites for hydroxylation is 1. The van der Waals surface area contributed by atoms with E-state index in [9.17, 15) is 0 Å². The van der Waals surface area contributed by atoms with Crippen molar-refractivity contribution in [2.75, 3.05) is 0 Å². The van der Waals surface area contributed by atoms with E-state index in [4.69, 9.17) is 0 Å². The molecule has 0 bridgehead atoms. The molecule has 2 nitrogen and oxygen atoms in total. The molecule has 0 unspecified atom stereocenters. The van der Waals surface area contributed by atoms with E-state index in [0.29, 0.717) is 0 Å². The number of fused-ring (bicyclic) bond motifs is 1. The lowest BCUT2D eigenvalue weighted by molar-refractivity contribution is 0.503. The van der Waals surface area contributed by atoms with Gasteiger partial charge in [0.05, 0.1) is 5.69 Å². The van der Waals surface area contributed by atoms with Gasteiger partial charge in [0, 0.05) is 11.3 Å². The van der Waals surface area contributed by atoms with Gasteiger partial charge in [0.2, 0.25) is 0 Å². The number of aliphatic imine (C=N–C) groups is 1. The quantitative estimate of drug-likeness (QED) is 0.821. The van der Waals surface area contributed by atoms with Crippen molar-refractivity contribution in [2.24, 2.45) is 4.99 Å². The SMILES string of the molecule is C=C1NC(C)=Nc2cc(C)c(C(C)(C)CC)cc21. The first kappa shape index (κ1) is 12.9. The number of amidine groups is 1. The first-order valence-corrected chi connectivity index (χ1v) is 6.52. The molecule has 0 amide bonds. The molecule has 18 heavy (non-hydrogen) atoms. The van der Waals surface area contributed by atoms with E-state index in [1.807, 2.05) is 6.92 Å². The molecule has 1 aliphatic heterocycles. The number of rotatable bonds is 2. The first-order chi connectivity index (χ1) is 8.35. The second-order valence-electron chi connectivity index (χ2n) is 5.72. The van der Waals surface area contributed by atoms with Gasteiger partial charge in [-0.05, 0) is 48.9 Å². The van der Waals surface area contributed by atoms with Crippen molar-refractivity contribution in [2.45, 2.75) is 46.5 Å². The molecular formula is C16H22N2.